The van der Waals surface area contributed by atoms with Gasteiger partial charge in [0.2, 0.25) is 10.0 Å². The second-order valence-corrected chi connectivity index (χ2v) is 9.87. The van der Waals surface area contributed by atoms with E-state index in [1.165, 1.54) is 0 Å². The van der Waals surface area contributed by atoms with E-state index in [9.17, 15) is 13.2 Å². The van der Waals surface area contributed by atoms with Gasteiger partial charge in [0, 0.05) is 44.2 Å². The number of nitrogens with zero attached hydrogens (tertiary/aromatic N) is 3. The molecule has 2 aromatic carbocycles. The summed E-state index contributed by atoms with van der Waals surface area (Å²) in [6.07, 6.45) is 0.689. The molecule has 0 bridgehead atoms. The monoisotopic (exact) mass is 423 g/mol. The standard InChI is InChI=1S/C23H25N3O3S/c1-25(2)23(27)20-14-22(24-21-11-7-6-10-19(20)21)18-12-13-26(15-18)30(28,29)16-17-8-4-3-5-9-17/h3-11,14,18H,12-13,15-16H2,1-2H3/t18-/m1/s1. The third-order valence-electron chi connectivity index (χ3n) is 5.53. The van der Waals surface area contributed by atoms with Crippen molar-refractivity contribution in [3.8, 4) is 0 Å². The predicted octanol–water partition coefficient (Wildman–Crippen LogP) is 3.26. The van der Waals surface area contributed by atoms with Crippen LogP contribution in [-0.4, -0.2) is 55.7 Å². The highest BCUT2D eigenvalue weighted by Crippen LogP contribution is 2.31. The fraction of sp³-hybridized carbons (Fsp3) is 0.304. The second-order valence-electron chi connectivity index (χ2n) is 7.90. The first-order chi connectivity index (χ1) is 14.3. The van der Waals surface area contributed by atoms with Crippen LogP contribution in [-0.2, 0) is 15.8 Å². The van der Waals surface area contributed by atoms with Crippen LogP contribution in [0.15, 0.2) is 60.7 Å². The lowest BCUT2D eigenvalue weighted by Gasteiger charge is -2.18. The number of amides is 1. The average Bonchev–Trinajstić information content (AvgIpc) is 3.24. The van der Waals surface area contributed by atoms with Gasteiger partial charge in [0.25, 0.3) is 5.91 Å². The highest BCUT2D eigenvalue weighted by Gasteiger charge is 2.33. The predicted molar refractivity (Wildman–Crippen MR) is 118 cm³/mol. The molecule has 1 saturated heterocycles. The number of hydrogen-bond acceptors (Lipinski definition) is 4. The van der Waals surface area contributed by atoms with E-state index < -0.39 is 10.0 Å². The van der Waals surface area contributed by atoms with Crippen LogP contribution in [0.3, 0.4) is 0 Å². The molecule has 0 saturated carbocycles. The maximum atomic E-state index is 12.9. The van der Waals surface area contributed by atoms with Crippen molar-refractivity contribution in [1.29, 1.82) is 0 Å². The van der Waals surface area contributed by atoms with Gasteiger partial charge in [-0.25, -0.2) is 12.7 Å². The van der Waals surface area contributed by atoms with Crippen molar-refractivity contribution in [2.75, 3.05) is 27.2 Å². The third kappa shape index (κ3) is 4.08. The number of sulfonamides is 1. The zero-order valence-electron chi connectivity index (χ0n) is 17.2. The Balaban J connectivity index is 1.62. The van der Waals surface area contributed by atoms with E-state index >= 15 is 0 Å². The van der Waals surface area contributed by atoms with Crippen molar-refractivity contribution in [3.05, 3.63) is 77.5 Å². The summed E-state index contributed by atoms with van der Waals surface area (Å²) in [6.45, 7) is 0.849. The summed E-state index contributed by atoms with van der Waals surface area (Å²) in [7, 11) is 0.0477. The number of rotatable bonds is 5. The fourth-order valence-corrected chi connectivity index (χ4v) is 5.51. The summed E-state index contributed by atoms with van der Waals surface area (Å²) in [6, 6.07) is 18.6. The van der Waals surface area contributed by atoms with Gasteiger partial charge in [0.05, 0.1) is 16.8 Å². The van der Waals surface area contributed by atoms with Gasteiger partial charge in [-0.15, -0.1) is 0 Å². The molecule has 2 heterocycles. The summed E-state index contributed by atoms with van der Waals surface area (Å²) in [4.78, 5) is 19.1. The van der Waals surface area contributed by atoms with Crippen LogP contribution in [0.2, 0.25) is 0 Å². The zero-order chi connectivity index (χ0) is 21.3. The number of carbonyl (C=O) groups excluding carboxylic acids is 1. The molecule has 0 N–H and O–H groups in total. The first-order valence-corrected chi connectivity index (χ1v) is 11.6. The van der Waals surface area contributed by atoms with E-state index in [2.05, 4.69) is 0 Å². The topological polar surface area (TPSA) is 70.6 Å². The number of aromatic nitrogens is 1. The van der Waals surface area contributed by atoms with Gasteiger partial charge in [-0.2, -0.15) is 0 Å². The Kier molecular flexibility index (Phi) is 5.58. The smallest absolute Gasteiger partial charge is 0.254 e. The molecule has 4 rings (SSSR count). The summed E-state index contributed by atoms with van der Waals surface area (Å²) >= 11 is 0. The molecule has 1 atom stereocenters. The van der Waals surface area contributed by atoms with Crippen molar-refractivity contribution in [3.63, 3.8) is 0 Å². The van der Waals surface area contributed by atoms with Crippen LogP contribution in [0, 0.1) is 0 Å². The Morgan fingerprint density at radius 3 is 2.53 bits per heavy atom. The maximum Gasteiger partial charge on any atom is 0.254 e. The van der Waals surface area contributed by atoms with Crippen molar-refractivity contribution in [1.82, 2.24) is 14.2 Å². The van der Waals surface area contributed by atoms with Gasteiger partial charge in [0.1, 0.15) is 0 Å². The highest BCUT2D eigenvalue weighted by atomic mass is 32.2. The lowest BCUT2D eigenvalue weighted by atomic mass is 9.99. The average molecular weight is 424 g/mol. The number of hydrogen-bond donors (Lipinski definition) is 0. The van der Waals surface area contributed by atoms with Crippen LogP contribution in [0.25, 0.3) is 10.9 Å². The number of para-hydroxylation sites is 1. The first kappa shape index (κ1) is 20.5. The fourth-order valence-electron chi connectivity index (χ4n) is 3.92. The molecule has 1 aliphatic rings. The number of benzene rings is 2. The first-order valence-electron chi connectivity index (χ1n) is 9.98. The maximum absolute atomic E-state index is 12.9. The molecule has 0 unspecified atom stereocenters. The molecule has 0 radical (unpaired) electrons. The van der Waals surface area contributed by atoms with Gasteiger partial charge in [-0.05, 0) is 24.1 Å². The van der Waals surface area contributed by atoms with Gasteiger partial charge < -0.3 is 4.90 Å². The molecule has 6 nitrogen and oxygen atoms in total. The van der Waals surface area contributed by atoms with E-state index in [0.29, 0.717) is 25.1 Å². The van der Waals surface area contributed by atoms with Crippen LogP contribution < -0.4 is 0 Å². The molecule has 156 valence electrons. The SMILES string of the molecule is CN(C)C(=O)c1cc([C@@H]2CCN(S(=O)(=O)Cc3ccccc3)C2)nc2ccccc12. The van der Waals surface area contributed by atoms with Crippen LogP contribution in [0.4, 0.5) is 0 Å². The molecule has 30 heavy (non-hydrogen) atoms. The van der Waals surface area contributed by atoms with E-state index in [1.54, 1.807) is 23.3 Å². The minimum Gasteiger partial charge on any atom is -0.345 e. The van der Waals surface area contributed by atoms with Crippen molar-refractivity contribution < 1.29 is 13.2 Å². The second kappa shape index (κ2) is 8.16. The van der Waals surface area contributed by atoms with Gasteiger partial charge >= 0.3 is 0 Å². The summed E-state index contributed by atoms with van der Waals surface area (Å²) < 4.78 is 27.4. The molecular weight excluding hydrogens is 398 g/mol. The summed E-state index contributed by atoms with van der Waals surface area (Å²) in [5.74, 6) is -0.119. The number of fused-ring (bicyclic) bond motifs is 1. The molecule has 0 spiro atoms. The van der Waals surface area contributed by atoms with Crippen LogP contribution >= 0.6 is 0 Å². The van der Waals surface area contributed by atoms with Gasteiger partial charge in [-0.3, -0.25) is 9.78 Å². The molecule has 0 aliphatic carbocycles. The molecule has 1 aliphatic heterocycles. The van der Waals surface area contributed by atoms with Crippen molar-refractivity contribution in [2.24, 2.45) is 0 Å². The molecule has 1 fully saturated rings. The zero-order valence-corrected chi connectivity index (χ0v) is 18.0. The summed E-state index contributed by atoms with van der Waals surface area (Å²) in [5, 5.41) is 0.812. The quantitative estimate of drug-likeness (QED) is 0.632. The summed E-state index contributed by atoms with van der Waals surface area (Å²) in [5.41, 5.74) is 2.91. The van der Waals surface area contributed by atoms with E-state index in [0.717, 1.165) is 22.2 Å². The minimum absolute atomic E-state index is 0.00389. The molecule has 7 heteroatoms. The Hall–Kier alpha value is -2.77. The van der Waals surface area contributed by atoms with Crippen LogP contribution in [0.5, 0.6) is 0 Å². The minimum atomic E-state index is -3.41. The lowest BCUT2D eigenvalue weighted by Crippen LogP contribution is -2.30. The van der Waals surface area contributed by atoms with E-state index in [4.69, 9.17) is 4.98 Å². The Labute approximate surface area is 177 Å². The van der Waals surface area contributed by atoms with Crippen molar-refractivity contribution >= 4 is 26.8 Å². The third-order valence-corrected chi connectivity index (χ3v) is 7.34. The normalized spacial score (nSPS) is 17.3. The number of pyridine rings is 1. The van der Waals surface area contributed by atoms with Gasteiger partial charge in [0.15, 0.2) is 0 Å². The largest absolute Gasteiger partial charge is 0.345 e. The Morgan fingerprint density at radius 2 is 1.80 bits per heavy atom. The van der Waals surface area contributed by atoms with Crippen molar-refractivity contribution in [2.45, 2.75) is 18.1 Å². The Morgan fingerprint density at radius 1 is 1.10 bits per heavy atom. The number of carbonyl (C=O) groups is 1. The lowest BCUT2D eigenvalue weighted by molar-refractivity contribution is 0.0829. The molecule has 1 aromatic heterocycles. The van der Waals surface area contributed by atoms with Crippen LogP contribution in [0.1, 0.15) is 34.0 Å². The van der Waals surface area contributed by atoms with E-state index in [-0.39, 0.29) is 17.6 Å². The molecule has 3 aromatic rings. The Bertz CT molecular complexity index is 1180. The van der Waals surface area contributed by atoms with Gasteiger partial charge in [-0.1, -0.05) is 48.5 Å². The molecule has 1 amide bonds. The van der Waals surface area contributed by atoms with E-state index in [1.807, 2.05) is 60.7 Å². The molecular formula is C23H25N3O3S. The highest BCUT2D eigenvalue weighted by molar-refractivity contribution is 7.88.